The summed E-state index contributed by atoms with van der Waals surface area (Å²) in [6.45, 7) is 9.33. The Labute approximate surface area is 110 Å². The molecule has 1 aromatic rings. The zero-order chi connectivity index (χ0) is 12.8. The Hall–Kier alpha value is -0.570. The lowest BCUT2D eigenvalue weighted by molar-refractivity contribution is 0.189. The number of hydrogen-bond acceptors (Lipinski definition) is 2. The minimum atomic E-state index is 0.265. The van der Waals surface area contributed by atoms with E-state index in [1.54, 1.807) is 0 Å². The fourth-order valence-electron chi connectivity index (χ4n) is 2.16. The van der Waals surface area contributed by atoms with Crippen molar-refractivity contribution in [2.75, 3.05) is 19.6 Å². The van der Waals surface area contributed by atoms with Crippen LogP contribution in [-0.2, 0) is 0 Å². The van der Waals surface area contributed by atoms with E-state index in [9.17, 15) is 0 Å². The maximum atomic E-state index is 6.04. The Morgan fingerprint density at radius 3 is 2.53 bits per heavy atom. The number of benzene rings is 1. The molecule has 0 aliphatic rings. The second-order valence-electron chi connectivity index (χ2n) is 4.79. The molecule has 2 N–H and O–H groups in total. The van der Waals surface area contributed by atoms with Crippen molar-refractivity contribution in [3.05, 3.63) is 34.9 Å². The third kappa shape index (κ3) is 4.30. The van der Waals surface area contributed by atoms with Gasteiger partial charge < -0.3 is 5.73 Å². The molecule has 1 aromatic carbocycles. The minimum Gasteiger partial charge on any atom is -0.329 e. The van der Waals surface area contributed by atoms with Crippen molar-refractivity contribution < 1.29 is 0 Å². The van der Waals surface area contributed by atoms with Gasteiger partial charge in [0.2, 0.25) is 0 Å². The maximum Gasteiger partial charge on any atom is 0.0470 e. The van der Waals surface area contributed by atoms with Crippen molar-refractivity contribution in [3.8, 4) is 0 Å². The van der Waals surface area contributed by atoms with Gasteiger partial charge in [0.1, 0.15) is 0 Å². The molecular weight excluding hydrogens is 232 g/mol. The molecule has 0 amide bonds. The lowest BCUT2D eigenvalue weighted by Crippen LogP contribution is -2.36. The van der Waals surface area contributed by atoms with Crippen LogP contribution in [0.2, 0.25) is 5.02 Å². The average molecular weight is 255 g/mol. The fraction of sp³-hybridized carbons (Fsp3) is 0.571. The van der Waals surface area contributed by atoms with E-state index in [0.717, 1.165) is 18.1 Å². The molecule has 17 heavy (non-hydrogen) atoms. The lowest BCUT2D eigenvalue weighted by atomic mass is 10.0. The van der Waals surface area contributed by atoms with Crippen molar-refractivity contribution in [1.82, 2.24) is 4.90 Å². The summed E-state index contributed by atoms with van der Waals surface area (Å²) in [5.41, 5.74) is 7.13. The fourth-order valence-corrected chi connectivity index (χ4v) is 2.35. The van der Waals surface area contributed by atoms with Crippen LogP contribution in [-0.4, -0.2) is 24.5 Å². The summed E-state index contributed by atoms with van der Waals surface area (Å²) in [6, 6.07) is 8.27. The zero-order valence-electron chi connectivity index (χ0n) is 11.0. The highest BCUT2D eigenvalue weighted by atomic mass is 35.5. The van der Waals surface area contributed by atoms with E-state index in [0.29, 0.717) is 12.5 Å². The molecule has 1 rings (SSSR count). The Morgan fingerprint density at radius 2 is 2.06 bits per heavy atom. The molecule has 0 radical (unpaired) electrons. The highest BCUT2D eigenvalue weighted by Gasteiger charge is 2.18. The lowest BCUT2D eigenvalue weighted by Gasteiger charge is -2.31. The van der Waals surface area contributed by atoms with E-state index in [4.69, 9.17) is 17.3 Å². The molecule has 0 fully saturated rings. The summed E-state index contributed by atoms with van der Waals surface area (Å²) in [7, 11) is 0. The summed E-state index contributed by atoms with van der Waals surface area (Å²) in [5, 5.41) is 0.779. The smallest absolute Gasteiger partial charge is 0.0470 e. The minimum absolute atomic E-state index is 0.265. The standard InChI is InChI=1S/C14H23ClN2/c1-4-17(10-11(2)3)14(9-16)12-6-5-7-13(15)8-12/h5-8,11,14H,4,9-10,16H2,1-3H3. The molecule has 1 unspecified atom stereocenters. The third-order valence-corrected chi connectivity index (χ3v) is 3.14. The SMILES string of the molecule is CCN(CC(C)C)C(CN)c1cccc(Cl)c1. The summed E-state index contributed by atoms with van der Waals surface area (Å²) in [5.74, 6) is 0.642. The van der Waals surface area contributed by atoms with Gasteiger partial charge in [0, 0.05) is 24.2 Å². The van der Waals surface area contributed by atoms with Gasteiger partial charge in [-0.25, -0.2) is 0 Å². The highest BCUT2D eigenvalue weighted by molar-refractivity contribution is 6.30. The van der Waals surface area contributed by atoms with Gasteiger partial charge in [-0.05, 0) is 30.2 Å². The Morgan fingerprint density at radius 1 is 1.35 bits per heavy atom. The van der Waals surface area contributed by atoms with Gasteiger partial charge in [0.15, 0.2) is 0 Å². The van der Waals surface area contributed by atoms with Crippen LogP contribution in [0, 0.1) is 5.92 Å². The van der Waals surface area contributed by atoms with E-state index in [1.807, 2.05) is 18.2 Å². The molecule has 3 heteroatoms. The van der Waals surface area contributed by atoms with E-state index >= 15 is 0 Å². The second-order valence-corrected chi connectivity index (χ2v) is 5.22. The first-order valence-corrected chi connectivity index (χ1v) is 6.65. The number of halogens is 1. The van der Waals surface area contributed by atoms with Gasteiger partial charge in [-0.1, -0.05) is 44.5 Å². The number of rotatable bonds is 6. The number of nitrogens with zero attached hydrogens (tertiary/aromatic N) is 1. The monoisotopic (exact) mass is 254 g/mol. The second kappa shape index (κ2) is 7.00. The Balaban J connectivity index is 2.88. The molecule has 0 aliphatic heterocycles. The topological polar surface area (TPSA) is 29.3 Å². The normalized spacial score (nSPS) is 13.4. The molecule has 96 valence electrons. The van der Waals surface area contributed by atoms with Crippen LogP contribution < -0.4 is 5.73 Å². The highest BCUT2D eigenvalue weighted by Crippen LogP contribution is 2.23. The summed E-state index contributed by atoms with van der Waals surface area (Å²) >= 11 is 6.04. The van der Waals surface area contributed by atoms with Crippen LogP contribution in [0.5, 0.6) is 0 Å². The molecule has 0 aliphatic carbocycles. The quantitative estimate of drug-likeness (QED) is 0.844. The summed E-state index contributed by atoms with van der Waals surface area (Å²) in [4.78, 5) is 2.41. The first-order chi connectivity index (χ1) is 8.08. The van der Waals surface area contributed by atoms with Crippen molar-refractivity contribution in [2.24, 2.45) is 11.7 Å². The first-order valence-electron chi connectivity index (χ1n) is 6.28. The van der Waals surface area contributed by atoms with Crippen molar-refractivity contribution in [1.29, 1.82) is 0 Å². The largest absolute Gasteiger partial charge is 0.329 e. The van der Waals surface area contributed by atoms with E-state index in [-0.39, 0.29) is 6.04 Å². The molecular formula is C14H23ClN2. The van der Waals surface area contributed by atoms with E-state index in [2.05, 4.69) is 31.7 Å². The van der Waals surface area contributed by atoms with Crippen molar-refractivity contribution in [2.45, 2.75) is 26.8 Å². The van der Waals surface area contributed by atoms with Crippen LogP contribution in [0.3, 0.4) is 0 Å². The van der Waals surface area contributed by atoms with Gasteiger partial charge in [0.25, 0.3) is 0 Å². The predicted molar refractivity (Wildman–Crippen MR) is 75.3 cm³/mol. The van der Waals surface area contributed by atoms with Gasteiger partial charge in [-0.15, -0.1) is 0 Å². The van der Waals surface area contributed by atoms with E-state index < -0.39 is 0 Å². The van der Waals surface area contributed by atoms with Crippen LogP contribution >= 0.6 is 11.6 Å². The van der Waals surface area contributed by atoms with Crippen LogP contribution in [0.4, 0.5) is 0 Å². The molecule has 0 saturated heterocycles. The Bertz CT molecular complexity index is 339. The average Bonchev–Trinajstić information content (AvgIpc) is 2.28. The van der Waals surface area contributed by atoms with Gasteiger partial charge >= 0.3 is 0 Å². The van der Waals surface area contributed by atoms with Crippen molar-refractivity contribution >= 4 is 11.6 Å². The van der Waals surface area contributed by atoms with Gasteiger partial charge in [0.05, 0.1) is 0 Å². The first kappa shape index (κ1) is 14.5. The number of hydrogen-bond donors (Lipinski definition) is 1. The molecule has 1 atom stereocenters. The van der Waals surface area contributed by atoms with Crippen LogP contribution in [0.15, 0.2) is 24.3 Å². The summed E-state index contributed by atoms with van der Waals surface area (Å²) < 4.78 is 0. The molecule has 0 aromatic heterocycles. The predicted octanol–water partition coefficient (Wildman–Crippen LogP) is 3.32. The molecule has 0 saturated carbocycles. The molecule has 0 spiro atoms. The van der Waals surface area contributed by atoms with Crippen LogP contribution in [0.25, 0.3) is 0 Å². The zero-order valence-corrected chi connectivity index (χ0v) is 11.7. The number of nitrogens with two attached hydrogens (primary N) is 1. The maximum absolute atomic E-state index is 6.04. The molecule has 0 heterocycles. The van der Waals surface area contributed by atoms with Gasteiger partial charge in [-0.2, -0.15) is 0 Å². The Kier molecular flexibility index (Phi) is 5.96. The molecule has 2 nitrogen and oxygen atoms in total. The van der Waals surface area contributed by atoms with Crippen molar-refractivity contribution in [3.63, 3.8) is 0 Å². The van der Waals surface area contributed by atoms with Gasteiger partial charge in [-0.3, -0.25) is 4.90 Å². The third-order valence-electron chi connectivity index (χ3n) is 2.90. The van der Waals surface area contributed by atoms with Crippen LogP contribution in [0.1, 0.15) is 32.4 Å². The number of likely N-dealkylation sites (N-methyl/N-ethyl adjacent to an activating group) is 1. The summed E-state index contributed by atoms with van der Waals surface area (Å²) in [6.07, 6.45) is 0. The van der Waals surface area contributed by atoms with E-state index in [1.165, 1.54) is 5.56 Å². The molecule has 0 bridgehead atoms.